The van der Waals surface area contributed by atoms with Crippen LogP contribution in [0.3, 0.4) is 0 Å². The topological polar surface area (TPSA) is 87.2 Å². The van der Waals surface area contributed by atoms with Gasteiger partial charge in [-0.05, 0) is 5.39 Å². The van der Waals surface area contributed by atoms with Gasteiger partial charge in [0.25, 0.3) is 0 Å². The largest absolute Gasteiger partial charge is 1.00 e. The van der Waals surface area contributed by atoms with Gasteiger partial charge < -0.3 is 20.2 Å². The Labute approximate surface area is 128 Å². The van der Waals surface area contributed by atoms with Crippen molar-refractivity contribution in [1.82, 2.24) is 0 Å². The van der Waals surface area contributed by atoms with Crippen LogP contribution in [0.2, 0.25) is 0 Å². The Balaban J connectivity index is 0. The van der Waals surface area contributed by atoms with Gasteiger partial charge in [0.1, 0.15) is 0 Å². The number of carboxylic acids is 1. The van der Waals surface area contributed by atoms with Gasteiger partial charge in [0, 0.05) is 5.97 Å². The maximum Gasteiger partial charge on any atom is 1.00 e. The molecule has 0 aliphatic carbocycles. The summed E-state index contributed by atoms with van der Waals surface area (Å²) in [5.41, 5.74) is -0.0996. The van der Waals surface area contributed by atoms with Gasteiger partial charge in [-0.2, -0.15) is 6.07 Å². The van der Waals surface area contributed by atoms with Crippen LogP contribution in [0.5, 0.6) is 0 Å². The summed E-state index contributed by atoms with van der Waals surface area (Å²) in [4.78, 5) is 21.3. The van der Waals surface area contributed by atoms with Gasteiger partial charge in [-0.15, -0.1) is 17.2 Å². The molecule has 0 heterocycles. The first-order valence-corrected chi connectivity index (χ1v) is 4.34. The van der Waals surface area contributed by atoms with E-state index in [1.165, 1.54) is 12.1 Å². The molecule has 0 amide bonds. The molecule has 2 aromatic rings. The minimum Gasteiger partial charge on any atom is -0.870 e. The van der Waals surface area contributed by atoms with Crippen molar-refractivity contribution in [3.63, 3.8) is 0 Å². The quantitative estimate of drug-likeness (QED) is 0.379. The van der Waals surface area contributed by atoms with E-state index < -0.39 is 5.97 Å². The average molecular weight is 229 g/mol. The number of aromatic carboxylic acids is 1. The first kappa shape index (κ1) is 19.3. The molecule has 0 aliphatic heterocycles. The second kappa shape index (κ2) is 8.16. The second-order valence-corrected chi connectivity index (χ2v) is 3.13. The van der Waals surface area contributed by atoms with Crippen molar-refractivity contribution in [1.29, 1.82) is 0 Å². The first-order valence-electron chi connectivity index (χ1n) is 4.34. The molecule has 0 saturated carbocycles. The number of carbonyl (C=O) groups excluding carboxylic acids is 2. The fraction of sp³-hybridized carbons (Fsp3) is 0. The summed E-state index contributed by atoms with van der Waals surface area (Å²) >= 11 is 0. The molecule has 0 aliphatic rings. The van der Waals surface area contributed by atoms with Crippen LogP contribution in [0.25, 0.3) is 10.8 Å². The Hall–Kier alpha value is -1.01. The van der Waals surface area contributed by atoms with Crippen molar-refractivity contribution >= 4 is 23.0 Å². The molecule has 0 unspecified atom stereocenters. The molecule has 2 aromatic carbocycles. The van der Waals surface area contributed by atoms with Crippen molar-refractivity contribution in [3.8, 4) is 0 Å². The third-order valence-electron chi connectivity index (χ3n) is 2.22. The number of carboxylic acid groups (broad SMARTS) is 1. The molecular weight excluding hydrogens is 222 g/mol. The van der Waals surface area contributed by atoms with Crippen LogP contribution in [-0.4, -0.2) is 17.7 Å². The van der Waals surface area contributed by atoms with Crippen LogP contribution in [0.15, 0.2) is 36.4 Å². The standard InChI is InChI=1S/C12H7O3.2Li.H2O/c13-7-10-5-8-3-1-2-4-9(8)6-11(10)12(14)15;;;/h1-6H,(H,14,15);;;1H2/q-1;2*+1;/p-2. The van der Waals surface area contributed by atoms with E-state index in [0.29, 0.717) is 0 Å². The predicted octanol–water partition coefficient (Wildman–Crippen LogP) is -5.51. The van der Waals surface area contributed by atoms with E-state index in [0.717, 1.165) is 10.8 Å². The normalized spacial score (nSPS) is 8.44. The van der Waals surface area contributed by atoms with E-state index in [2.05, 4.69) is 0 Å². The Morgan fingerprint density at radius 3 is 2.00 bits per heavy atom. The molecule has 6 heteroatoms. The molecule has 0 saturated heterocycles. The van der Waals surface area contributed by atoms with Gasteiger partial charge in [0.2, 0.25) is 0 Å². The molecule has 4 nitrogen and oxygen atoms in total. The Morgan fingerprint density at radius 2 is 1.56 bits per heavy atom. The summed E-state index contributed by atoms with van der Waals surface area (Å²) in [5, 5.41) is 12.3. The molecule has 1 N–H and O–H groups in total. The van der Waals surface area contributed by atoms with Crippen molar-refractivity contribution in [3.05, 3.63) is 47.5 Å². The van der Waals surface area contributed by atoms with Crippen LogP contribution in [0, 0.1) is 0 Å². The SMILES string of the molecule is O=[C-]c1cc2ccccc2cc1C(=O)[O-].[Li+].[Li+].[OH-]. The van der Waals surface area contributed by atoms with Crippen LogP contribution in [0.1, 0.15) is 15.9 Å². The Morgan fingerprint density at radius 1 is 1.06 bits per heavy atom. The maximum atomic E-state index is 10.7. The van der Waals surface area contributed by atoms with E-state index in [1.54, 1.807) is 24.5 Å². The van der Waals surface area contributed by atoms with Gasteiger partial charge in [-0.3, -0.25) is 0 Å². The molecule has 0 fully saturated rings. The second-order valence-electron chi connectivity index (χ2n) is 3.13. The molecule has 2 rings (SSSR count). The van der Waals surface area contributed by atoms with E-state index in [4.69, 9.17) is 0 Å². The van der Waals surface area contributed by atoms with Gasteiger partial charge in [-0.25, -0.2) is 0 Å². The van der Waals surface area contributed by atoms with E-state index >= 15 is 0 Å². The zero-order valence-corrected chi connectivity index (χ0v) is 10.1. The summed E-state index contributed by atoms with van der Waals surface area (Å²) < 4.78 is 0. The van der Waals surface area contributed by atoms with Crippen molar-refractivity contribution in [2.45, 2.75) is 0 Å². The van der Waals surface area contributed by atoms with Crippen LogP contribution in [0.4, 0.5) is 0 Å². The van der Waals surface area contributed by atoms with Gasteiger partial charge in [0.15, 0.2) is 0 Å². The molecule has 0 bridgehead atoms. The zero-order chi connectivity index (χ0) is 10.8. The van der Waals surface area contributed by atoms with Gasteiger partial charge >= 0.3 is 37.7 Å². The van der Waals surface area contributed by atoms with Gasteiger partial charge in [0.05, 0.1) is 6.29 Å². The predicted molar refractivity (Wildman–Crippen MR) is 55.0 cm³/mol. The van der Waals surface area contributed by atoms with Gasteiger partial charge in [-0.1, -0.05) is 29.7 Å². The Kier molecular flexibility index (Phi) is 8.77. The minimum absolute atomic E-state index is 0. The van der Waals surface area contributed by atoms with Crippen LogP contribution < -0.4 is 42.8 Å². The van der Waals surface area contributed by atoms with Crippen LogP contribution >= 0.6 is 0 Å². The Bertz CT molecular complexity index is 555. The number of rotatable bonds is 2. The van der Waals surface area contributed by atoms with Crippen molar-refractivity contribution in [2.75, 3.05) is 0 Å². The summed E-state index contributed by atoms with van der Waals surface area (Å²) in [6.45, 7) is 0. The summed E-state index contributed by atoms with van der Waals surface area (Å²) in [7, 11) is 0. The number of benzene rings is 2. The molecular formula is C12H7Li2O4-. The first-order chi connectivity index (χ1) is 7.22. The third-order valence-corrected chi connectivity index (χ3v) is 2.22. The molecule has 18 heavy (non-hydrogen) atoms. The smallest absolute Gasteiger partial charge is 0.870 e. The van der Waals surface area contributed by atoms with Crippen molar-refractivity contribution < 1.29 is 57.9 Å². The summed E-state index contributed by atoms with van der Waals surface area (Å²) in [5.74, 6) is -1.36. The number of fused-ring (bicyclic) bond motifs is 1. The number of carbonyl (C=O) groups is 1. The summed E-state index contributed by atoms with van der Waals surface area (Å²) in [6.07, 6.45) is 1.60. The fourth-order valence-corrected chi connectivity index (χ4v) is 1.49. The monoisotopic (exact) mass is 229 g/mol. The van der Waals surface area contributed by atoms with Crippen LogP contribution in [-0.2, 0) is 4.79 Å². The van der Waals surface area contributed by atoms with E-state index in [9.17, 15) is 14.7 Å². The zero-order valence-electron chi connectivity index (χ0n) is 10.1. The molecule has 0 atom stereocenters. The molecule has 0 spiro atoms. The maximum absolute atomic E-state index is 10.7. The number of hydrogen-bond acceptors (Lipinski definition) is 4. The fourth-order valence-electron chi connectivity index (χ4n) is 1.49. The van der Waals surface area contributed by atoms with E-state index in [-0.39, 0.29) is 54.3 Å². The van der Waals surface area contributed by atoms with E-state index in [1.807, 2.05) is 6.07 Å². The average Bonchev–Trinajstić information content (AvgIpc) is 2.27. The van der Waals surface area contributed by atoms with Crippen molar-refractivity contribution in [2.24, 2.45) is 0 Å². The molecule has 82 valence electrons. The molecule has 0 aromatic heterocycles. The molecule has 0 radical (unpaired) electrons. The minimum atomic E-state index is -1.36. The number of hydrogen-bond donors (Lipinski definition) is 0. The third kappa shape index (κ3) is 3.75. The summed E-state index contributed by atoms with van der Waals surface area (Å²) in [6, 6.07) is 10.1.